The van der Waals surface area contributed by atoms with Crippen LogP contribution in [0.25, 0.3) is 0 Å². The molecule has 4 nitrogen and oxygen atoms in total. The Hall–Kier alpha value is -2.33. The summed E-state index contributed by atoms with van der Waals surface area (Å²) in [5.74, 6) is -0.646. The molecule has 22 heavy (non-hydrogen) atoms. The normalized spacial score (nSPS) is 14.7. The van der Waals surface area contributed by atoms with Gasteiger partial charge in [0.2, 0.25) is 0 Å². The first-order valence-corrected chi connectivity index (χ1v) is 7.32. The van der Waals surface area contributed by atoms with E-state index in [9.17, 15) is 9.90 Å². The van der Waals surface area contributed by atoms with E-state index in [1.165, 1.54) is 6.92 Å². The number of esters is 1. The molecule has 2 aromatic rings. The van der Waals surface area contributed by atoms with Gasteiger partial charge in [0, 0.05) is 5.69 Å². The van der Waals surface area contributed by atoms with Crippen LogP contribution in [0.15, 0.2) is 60.7 Å². The van der Waals surface area contributed by atoms with Crippen molar-refractivity contribution >= 4 is 11.7 Å². The molecule has 2 atom stereocenters. The van der Waals surface area contributed by atoms with E-state index in [0.717, 1.165) is 11.3 Å². The Morgan fingerprint density at radius 2 is 1.68 bits per heavy atom. The van der Waals surface area contributed by atoms with Gasteiger partial charge in [-0.25, -0.2) is 4.79 Å². The maximum Gasteiger partial charge on any atom is 0.340 e. The number of rotatable bonds is 6. The predicted octanol–water partition coefficient (Wildman–Crippen LogP) is 3.15. The Kier molecular flexibility index (Phi) is 5.17. The van der Waals surface area contributed by atoms with E-state index in [1.54, 1.807) is 6.92 Å². The average Bonchev–Trinajstić information content (AvgIpc) is 2.54. The molecule has 0 saturated carbocycles. The fraction of sp³-hybridized carbons (Fsp3) is 0.278. The third-order valence-corrected chi connectivity index (χ3v) is 3.47. The molecule has 2 rings (SSSR count). The van der Waals surface area contributed by atoms with E-state index in [-0.39, 0.29) is 6.61 Å². The zero-order valence-corrected chi connectivity index (χ0v) is 12.8. The van der Waals surface area contributed by atoms with Gasteiger partial charge in [-0.05, 0) is 31.5 Å². The van der Waals surface area contributed by atoms with Gasteiger partial charge in [-0.15, -0.1) is 0 Å². The van der Waals surface area contributed by atoms with Gasteiger partial charge < -0.3 is 15.2 Å². The summed E-state index contributed by atoms with van der Waals surface area (Å²) in [5.41, 5.74) is -0.0574. The molecule has 0 unspecified atom stereocenters. The summed E-state index contributed by atoms with van der Waals surface area (Å²) in [6, 6.07) is 18.2. The molecule has 0 saturated heterocycles. The minimum Gasteiger partial charge on any atom is -0.464 e. The summed E-state index contributed by atoms with van der Waals surface area (Å²) in [4.78, 5) is 12.2. The zero-order chi connectivity index (χ0) is 16.0. The van der Waals surface area contributed by atoms with Crippen LogP contribution in [0.1, 0.15) is 25.5 Å². The Labute approximate surface area is 130 Å². The van der Waals surface area contributed by atoms with Crippen LogP contribution in [-0.2, 0) is 9.53 Å². The standard InChI is InChI=1S/C18H21NO3/c1-3-22-17(20)18(2,21)16(14-10-6-4-7-11-14)19-15-12-8-5-9-13-15/h4-13,16,19,21H,3H2,1-2H3/t16-,18+/m1/s1. The van der Waals surface area contributed by atoms with Crippen molar-refractivity contribution in [3.63, 3.8) is 0 Å². The van der Waals surface area contributed by atoms with Crippen LogP contribution < -0.4 is 5.32 Å². The number of aliphatic hydroxyl groups is 1. The fourth-order valence-electron chi connectivity index (χ4n) is 2.29. The Bertz CT molecular complexity index is 596. The number of nitrogens with one attached hydrogen (secondary N) is 1. The molecule has 2 aromatic carbocycles. The van der Waals surface area contributed by atoms with Gasteiger partial charge in [0.05, 0.1) is 12.6 Å². The molecule has 4 heteroatoms. The van der Waals surface area contributed by atoms with Gasteiger partial charge in [-0.2, -0.15) is 0 Å². The van der Waals surface area contributed by atoms with E-state index in [4.69, 9.17) is 4.74 Å². The summed E-state index contributed by atoms with van der Waals surface area (Å²) in [5, 5.41) is 14.0. The minimum absolute atomic E-state index is 0.224. The van der Waals surface area contributed by atoms with Gasteiger partial charge in [0.1, 0.15) is 0 Å². The highest BCUT2D eigenvalue weighted by molar-refractivity contribution is 5.81. The average molecular weight is 299 g/mol. The van der Waals surface area contributed by atoms with E-state index >= 15 is 0 Å². The highest BCUT2D eigenvalue weighted by Crippen LogP contribution is 2.31. The summed E-state index contributed by atoms with van der Waals surface area (Å²) in [6.07, 6.45) is 0. The quantitative estimate of drug-likeness (QED) is 0.805. The van der Waals surface area contributed by atoms with Gasteiger partial charge >= 0.3 is 5.97 Å². The topological polar surface area (TPSA) is 58.6 Å². The van der Waals surface area contributed by atoms with Crippen molar-refractivity contribution in [2.75, 3.05) is 11.9 Å². The zero-order valence-electron chi connectivity index (χ0n) is 12.8. The SMILES string of the molecule is CCOC(=O)[C@@](C)(O)[C@H](Nc1ccccc1)c1ccccc1. The lowest BCUT2D eigenvalue weighted by atomic mass is 9.89. The van der Waals surface area contributed by atoms with Crippen molar-refractivity contribution in [1.29, 1.82) is 0 Å². The monoisotopic (exact) mass is 299 g/mol. The van der Waals surface area contributed by atoms with Crippen molar-refractivity contribution in [2.45, 2.75) is 25.5 Å². The number of ether oxygens (including phenoxy) is 1. The molecule has 116 valence electrons. The Balaban J connectivity index is 2.35. The second-order valence-corrected chi connectivity index (χ2v) is 5.22. The molecule has 0 aliphatic heterocycles. The number of benzene rings is 2. The van der Waals surface area contributed by atoms with Crippen molar-refractivity contribution in [3.8, 4) is 0 Å². The van der Waals surface area contributed by atoms with E-state index in [0.29, 0.717) is 0 Å². The van der Waals surface area contributed by atoms with Gasteiger partial charge in [0.25, 0.3) is 0 Å². The highest BCUT2D eigenvalue weighted by Gasteiger charge is 2.41. The summed E-state index contributed by atoms with van der Waals surface area (Å²) >= 11 is 0. The van der Waals surface area contributed by atoms with E-state index in [2.05, 4.69) is 5.32 Å². The second-order valence-electron chi connectivity index (χ2n) is 5.22. The maximum absolute atomic E-state index is 12.2. The second kappa shape index (κ2) is 7.09. The Morgan fingerprint density at radius 1 is 1.14 bits per heavy atom. The molecule has 0 aromatic heterocycles. The van der Waals surface area contributed by atoms with Crippen molar-refractivity contribution < 1.29 is 14.6 Å². The third-order valence-electron chi connectivity index (χ3n) is 3.47. The lowest BCUT2D eigenvalue weighted by molar-refractivity contribution is -0.164. The van der Waals surface area contributed by atoms with Crippen LogP contribution in [0.5, 0.6) is 0 Å². The largest absolute Gasteiger partial charge is 0.464 e. The molecule has 0 heterocycles. The van der Waals surface area contributed by atoms with Crippen molar-refractivity contribution in [3.05, 3.63) is 66.2 Å². The van der Waals surface area contributed by atoms with Crippen LogP contribution in [-0.4, -0.2) is 23.3 Å². The molecule has 0 fully saturated rings. The molecule has 2 N–H and O–H groups in total. The molecule has 0 aliphatic rings. The van der Waals surface area contributed by atoms with E-state index < -0.39 is 17.6 Å². The summed E-state index contributed by atoms with van der Waals surface area (Å²) in [6.45, 7) is 3.41. The number of carbonyl (C=O) groups is 1. The van der Waals surface area contributed by atoms with E-state index in [1.807, 2.05) is 60.7 Å². The molecule has 0 amide bonds. The smallest absolute Gasteiger partial charge is 0.340 e. The van der Waals surface area contributed by atoms with Gasteiger partial charge in [-0.1, -0.05) is 48.5 Å². The summed E-state index contributed by atoms with van der Waals surface area (Å²) in [7, 11) is 0. The molecule has 0 bridgehead atoms. The van der Waals surface area contributed by atoms with Crippen molar-refractivity contribution in [1.82, 2.24) is 0 Å². The number of hydrogen-bond acceptors (Lipinski definition) is 4. The van der Waals surface area contributed by atoms with Crippen LogP contribution in [0.3, 0.4) is 0 Å². The lowest BCUT2D eigenvalue weighted by Crippen LogP contribution is -2.46. The molecular formula is C18H21NO3. The molecule has 0 spiro atoms. The predicted molar refractivity (Wildman–Crippen MR) is 86.5 cm³/mol. The number of carbonyl (C=O) groups excluding carboxylic acids is 1. The first kappa shape index (κ1) is 16.0. The third kappa shape index (κ3) is 3.65. The lowest BCUT2D eigenvalue weighted by Gasteiger charge is -2.32. The highest BCUT2D eigenvalue weighted by atomic mass is 16.5. The van der Waals surface area contributed by atoms with Crippen molar-refractivity contribution in [2.24, 2.45) is 0 Å². The number of para-hydroxylation sites is 1. The molecular weight excluding hydrogens is 278 g/mol. The first-order valence-electron chi connectivity index (χ1n) is 7.32. The van der Waals surface area contributed by atoms with Gasteiger partial charge in [0.15, 0.2) is 5.60 Å². The first-order chi connectivity index (χ1) is 10.6. The van der Waals surface area contributed by atoms with Crippen LogP contribution in [0, 0.1) is 0 Å². The maximum atomic E-state index is 12.2. The Morgan fingerprint density at radius 3 is 2.23 bits per heavy atom. The van der Waals surface area contributed by atoms with Crippen LogP contribution in [0.2, 0.25) is 0 Å². The summed E-state index contributed by atoms with van der Waals surface area (Å²) < 4.78 is 5.02. The van der Waals surface area contributed by atoms with Crippen LogP contribution >= 0.6 is 0 Å². The van der Waals surface area contributed by atoms with Crippen LogP contribution in [0.4, 0.5) is 5.69 Å². The fourth-order valence-corrected chi connectivity index (χ4v) is 2.29. The number of hydrogen-bond donors (Lipinski definition) is 2. The molecule has 0 aliphatic carbocycles. The number of anilines is 1. The van der Waals surface area contributed by atoms with Gasteiger partial charge in [-0.3, -0.25) is 0 Å². The minimum atomic E-state index is -1.69. The molecule has 0 radical (unpaired) electrons.